The first-order valence-corrected chi connectivity index (χ1v) is 6.27. The molecule has 0 radical (unpaired) electrons. The highest BCUT2D eigenvalue weighted by molar-refractivity contribution is 5.31. The van der Waals surface area contributed by atoms with Crippen LogP contribution < -0.4 is 20.8 Å². The molecule has 0 unspecified atom stereocenters. The zero-order chi connectivity index (χ0) is 14.4. The average molecular weight is 275 g/mol. The number of nitrogens with zero attached hydrogens (tertiary/aromatic N) is 1. The Morgan fingerprint density at radius 2 is 1.95 bits per heavy atom. The number of hydrogen-bond acceptors (Lipinski definition) is 5. The molecule has 3 N–H and O–H groups in total. The third kappa shape index (κ3) is 3.83. The summed E-state index contributed by atoms with van der Waals surface area (Å²) >= 11 is 0. The van der Waals surface area contributed by atoms with Crippen molar-refractivity contribution in [3.05, 3.63) is 52.2 Å². The van der Waals surface area contributed by atoms with Gasteiger partial charge in [-0.2, -0.15) is 0 Å². The molecule has 0 aliphatic heterocycles. The zero-order valence-corrected chi connectivity index (χ0v) is 11.3. The molecule has 0 amide bonds. The summed E-state index contributed by atoms with van der Waals surface area (Å²) in [4.78, 5) is 18.4. The molecule has 2 rings (SSSR count). The molecule has 6 nitrogen and oxygen atoms in total. The summed E-state index contributed by atoms with van der Waals surface area (Å²) in [6.07, 6.45) is 0.569. The van der Waals surface area contributed by atoms with Gasteiger partial charge in [0.15, 0.2) is 0 Å². The summed E-state index contributed by atoms with van der Waals surface area (Å²) in [6.45, 7) is 0.648. The number of methoxy groups -OCH3 is 1. The molecule has 1 heterocycles. The van der Waals surface area contributed by atoms with Crippen molar-refractivity contribution < 1.29 is 9.47 Å². The topological polar surface area (TPSA) is 90.2 Å². The number of rotatable bonds is 6. The lowest BCUT2D eigenvalue weighted by Crippen LogP contribution is -2.16. The van der Waals surface area contributed by atoms with Crippen molar-refractivity contribution in [2.45, 2.75) is 13.0 Å². The van der Waals surface area contributed by atoms with E-state index in [1.165, 1.54) is 6.07 Å². The maximum Gasteiger partial charge on any atom is 0.251 e. The predicted molar refractivity (Wildman–Crippen MR) is 74.9 cm³/mol. The molecular formula is C14H17N3O3. The lowest BCUT2D eigenvalue weighted by atomic mass is 10.3. The first-order chi connectivity index (χ1) is 9.71. The van der Waals surface area contributed by atoms with Gasteiger partial charge in [0.05, 0.1) is 7.11 Å². The maximum absolute atomic E-state index is 11.5. The van der Waals surface area contributed by atoms with Crippen molar-refractivity contribution in [1.29, 1.82) is 0 Å². The molecule has 0 spiro atoms. The van der Waals surface area contributed by atoms with Gasteiger partial charge < -0.3 is 20.2 Å². The smallest absolute Gasteiger partial charge is 0.251 e. The number of nitrogens with one attached hydrogen (secondary N) is 1. The fourth-order valence-corrected chi connectivity index (χ4v) is 1.73. The summed E-state index contributed by atoms with van der Waals surface area (Å²) in [5.74, 6) is 1.92. The van der Waals surface area contributed by atoms with Gasteiger partial charge in [-0.05, 0) is 30.8 Å². The van der Waals surface area contributed by atoms with E-state index in [0.29, 0.717) is 30.2 Å². The van der Waals surface area contributed by atoms with E-state index in [1.807, 2.05) is 0 Å². The number of aromatic nitrogens is 2. The van der Waals surface area contributed by atoms with Gasteiger partial charge in [0.2, 0.25) is 0 Å². The molecule has 0 bridgehead atoms. The minimum Gasteiger partial charge on any atom is -0.497 e. The van der Waals surface area contributed by atoms with Gasteiger partial charge in [0, 0.05) is 18.2 Å². The number of aromatic amines is 1. The first kappa shape index (κ1) is 14.1. The minimum absolute atomic E-state index is 0.194. The third-order valence-corrected chi connectivity index (χ3v) is 2.68. The number of H-pyrrole nitrogens is 1. The molecule has 0 saturated heterocycles. The largest absolute Gasteiger partial charge is 0.497 e. The molecule has 0 aliphatic carbocycles. The Kier molecular flexibility index (Phi) is 4.73. The molecular weight excluding hydrogens is 258 g/mol. The standard InChI is InChI=1S/C14H17N3O3/c1-19-11-2-4-12(5-3-11)20-9-13-16-10(6-7-15)8-14(18)17-13/h2-5,8H,6-7,9,15H2,1H3,(H,16,17,18). The molecule has 0 aliphatic rings. The van der Waals surface area contributed by atoms with Crippen molar-refractivity contribution in [3.63, 3.8) is 0 Å². The Morgan fingerprint density at radius 3 is 2.60 bits per heavy atom. The van der Waals surface area contributed by atoms with Gasteiger partial charge in [-0.15, -0.1) is 0 Å². The summed E-state index contributed by atoms with van der Waals surface area (Å²) in [7, 11) is 1.60. The highest BCUT2D eigenvalue weighted by Crippen LogP contribution is 2.17. The first-order valence-electron chi connectivity index (χ1n) is 6.27. The van der Waals surface area contributed by atoms with Crippen LogP contribution in [0.4, 0.5) is 0 Å². The van der Waals surface area contributed by atoms with Crippen LogP contribution in [0.25, 0.3) is 0 Å². The van der Waals surface area contributed by atoms with Crippen molar-refractivity contribution in [2.24, 2.45) is 5.73 Å². The number of nitrogens with two attached hydrogens (primary N) is 1. The second-order valence-electron chi connectivity index (χ2n) is 4.19. The summed E-state index contributed by atoms with van der Waals surface area (Å²) in [5, 5.41) is 0. The number of benzene rings is 1. The summed E-state index contributed by atoms with van der Waals surface area (Å²) in [6, 6.07) is 8.64. The fourth-order valence-electron chi connectivity index (χ4n) is 1.73. The molecule has 20 heavy (non-hydrogen) atoms. The summed E-state index contributed by atoms with van der Waals surface area (Å²) in [5.41, 5.74) is 5.93. The third-order valence-electron chi connectivity index (χ3n) is 2.68. The monoisotopic (exact) mass is 275 g/mol. The Bertz CT molecular complexity index is 608. The van der Waals surface area contributed by atoms with E-state index in [9.17, 15) is 4.79 Å². The molecule has 6 heteroatoms. The van der Waals surface area contributed by atoms with E-state index in [1.54, 1.807) is 31.4 Å². The maximum atomic E-state index is 11.5. The SMILES string of the molecule is COc1ccc(OCc2nc(CCN)cc(=O)[nH]2)cc1. The van der Waals surface area contributed by atoms with E-state index in [0.717, 1.165) is 5.75 Å². The van der Waals surface area contributed by atoms with Crippen LogP contribution in [-0.4, -0.2) is 23.6 Å². The van der Waals surface area contributed by atoms with Crippen LogP contribution in [0.2, 0.25) is 0 Å². The Hall–Kier alpha value is -2.34. The van der Waals surface area contributed by atoms with E-state index in [4.69, 9.17) is 15.2 Å². The molecule has 1 aromatic carbocycles. The lowest BCUT2D eigenvalue weighted by molar-refractivity contribution is 0.294. The Labute approximate surface area is 116 Å². The molecule has 1 aromatic heterocycles. The molecule has 0 fully saturated rings. The van der Waals surface area contributed by atoms with Gasteiger partial charge in [0.25, 0.3) is 5.56 Å². The van der Waals surface area contributed by atoms with Gasteiger partial charge >= 0.3 is 0 Å². The van der Waals surface area contributed by atoms with Crippen LogP contribution in [0.1, 0.15) is 11.5 Å². The van der Waals surface area contributed by atoms with Crippen molar-refractivity contribution in [2.75, 3.05) is 13.7 Å². The van der Waals surface area contributed by atoms with Crippen molar-refractivity contribution in [1.82, 2.24) is 9.97 Å². The van der Waals surface area contributed by atoms with E-state index in [2.05, 4.69) is 9.97 Å². The minimum atomic E-state index is -0.197. The van der Waals surface area contributed by atoms with Gasteiger partial charge in [0.1, 0.15) is 23.9 Å². The molecule has 0 atom stereocenters. The van der Waals surface area contributed by atoms with Crippen LogP contribution in [0.3, 0.4) is 0 Å². The second-order valence-corrected chi connectivity index (χ2v) is 4.19. The van der Waals surface area contributed by atoms with Crippen molar-refractivity contribution in [3.8, 4) is 11.5 Å². The normalized spacial score (nSPS) is 10.3. The number of hydrogen-bond donors (Lipinski definition) is 2. The molecule has 0 saturated carbocycles. The average Bonchev–Trinajstić information content (AvgIpc) is 2.45. The summed E-state index contributed by atoms with van der Waals surface area (Å²) < 4.78 is 10.6. The molecule has 106 valence electrons. The highest BCUT2D eigenvalue weighted by Gasteiger charge is 2.02. The van der Waals surface area contributed by atoms with E-state index < -0.39 is 0 Å². The van der Waals surface area contributed by atoms with E-state index >= 15 is 0 Å². The van der Waals surface area contributed by atoms with Crippen LogP contribution >= 0.6 is 0 Å². The van der Waals surface area contributed by atoms with E-state index in [-0.39, 0.29) is 12.2 Å². The Morgan fingerprint density at radius 1 is 1.25 bits per heavy atom. The second kappa shape index (κ2) is 6.72. The lowest BCUT2D eigenvalue weighted by Gasteiger charge is -2.07. The van der Waals surface area contributed by atoms with Crippen LogP contribution in [0.5, 0.6) is 11.5 Å². The highest BCUT2D eigenvalue weighted by atomic mass is 16.5. The van der Waals surface area contributed by atoms with Crippen LogP contribution in [0, 0.1) is 0 Å². The van der Waals surface area contributed by atoms with Crippen LogP contribution in [0.15, 0.2) is 35.1 Å². The predicted octanol–water partition coefficient (Wildman–Crippen LogP) is 0.859. The fraction of sp³-hybridized carbons (Fsp3) is 0.286. The quantitative estimate of drug-likeness (QED) is 0.816. The van der Waals surface area contributed by atoms with Crippen molar-refractivity contribution >= 4 is 0 Å². The van der Waals surface area contributed by atoms with Crippen LogP contribution in [-0.2, 0) is 13.0 Å². The Balaban J connectivity index is 2.04. The zero-order valence-electron chi connectivity index (χ0n) is 11.3. The van der Waals surface area contributed by atoms with Gasteiger partial charge in [-0.1, -0.05) is 0 Å². The number of ether oxygens (including phenoxy) is 2. The molecule has 2 aromatic rings. The van der Waals surface area contributed by atoms with Gasteiger partial charge in [-0.3, -0.25) is 4.79 Å². The van der Waals surface area contributed by atoms with Gasteiger partial charge in [-0.25, -0.2) is 4.98 Å².